The van der Waals surface area contributed by atoms with Gasteiger partial charge in [0.1, 0.15) is 28.0 Å². The minimum absolute atomic E-state index is 0.414. The average Bonchev–Trinajstić information content (AvgIpc) is 2.74. The Bertz CT molecular complexity index is 882. The van der Waals surface area contributed by atoms with Gasteiger partial charge in [-0.15, -0.1) is 0 Å². The van der Waals surface area contributed by atoms with Crippen LogP contribution in [0.15, 0.2) is 0 Å². The van der Waals surface area contributed by atoms with E-state index in [1.54, 1.807) is 0 Å². The monoisotopic (exact) mass is 529 g/mol. The number of amides is 1. The number of hydrogen-bond donors (Lipinski definition) is 1. The van der Waals surface area contributed by atoms with Crippen molar-refractivity contribution in [2.45, 2.75) is 136 Å². The van der Waals surface area contributed by atoms with Crippen molar-refractivity contribution < 1.29 is 48.0 Å². The first-order chi connectivity index (χ1) is 16.1. The van der Waals surface area contributed by atoms with Crippen molar-refractivity contribution in [2.75, 3.05) is 0 Å². The fourth-order valence-corrected chi connectivity index (χ4v) is 3.74. The lowest BCUT2D eigenvalue weighted by atomic mass is 9.80. The third kappa shape index (κ3) is 7.66. The fraction of sp³-hybridized carbons (Fsp3) is 0.808. The van der Waals surface area contributed by atoms with Gasteiger partial charge >= 0.3 is 23.9 Å². The highest BCUT2D eigenvalue weighted by Gasteiger charge is 2.75. The molecule has 0 bridgehead atoms. The van der Waals surface area contributed by atoms with E-state index in [1.165, 1.54) is 83.1 Å². The van der Waals surface area contributed by atoms with Crippen LogP contribution in [0.4, 0.5) is 0 Å². The van der Waals surface area contributed by atoms with Crippen molar-refractivity contribution in [3.8, 4) is 0 Å². The van der Waals surface area contributed by atoms with Gasteiger partial charge in [0.15, 0.2) is 0 Å². The maximum atomic E-state index is 13.8. The normalized spacial score (nSPS) is 20.5. The van der Waals surface area contributed by atoms with E-state index in [9.17, 15) is 29.1 Å². The van der Waals surface area contributed by atoms with Gasteiger partial charge in [-0.3, -0.25) is 9.69 Å². The van der Waals surface area contributed by atoms with Crippen LogP contribution < -0.4 is 0 Å². The first kappa shape index (κ1) is 32.3. The number of ether oxygens (including phenoxy) is 4. The molecule has 11 nitrogen and oxygen atoms in total. The smallest absolute Gasteiger partial charge is 0.347 e. The molecule has 0 aliphatic carbocycles. The van der Waals surface area contributed by atoms with E-state index in [0.717, 1.165) is 6.92 Å². The molecule has 1 atom stereocenters. The minimum Gasteiger partial charge on any atom is -0.458 e. The molecule has 0 aromatic carbocycles. The number of hydrogen-bond acceptors (Lipinski definition) is 10. The standard InChI is InChI=1S/C26H43NO10/c1-21(2,3)34-17(29)16(18(30)35-22(4,5)6)27-15(28)14-25(13,33)26(27,19(31)36-23(7,8)9)20(32)37-24(10,11)12/h16,33H,14H2,1-13H3. The Hall–Kier alpha value is -2.69. The maximum Gasteiger partial charge on any atom is 0.347 e. The summed E-state index contributed by atoms with van der Waals surface area (Å²) in [5.74, 6) is -6.32. The fourth-order valence-electron chi connectivity index (χ4n) is 3.74. The number of esters is 4. The lowest BCUT2D eigenvalue weighted by molar-refractivity contribution is -0.207. The molecule has 1 rings (SSSR count). The quantitative estimate of drug-likeness (QED) is 0.320. The maximum absolute atomic E-state index is 13.8. The van der Waals surface area contributed by atoms with Gasteiger partial charge in [0, 0.05) is 0 Å². The molecule has 1 saturated heterocycles. The summed E-state index contributed by atoms with van der Waals surface area (Å²) in [5.41, 5.74) is -10.0. The Balaban J connectivity index is 4.05. The van der Waals surface area contributed by atoms with Gasteiger partial charge in [-0.25, -0.2) is 19.2 Å². The molecule has 0 saturated carbocycles. The Morgan fingerprint density at radius 2 is 1.00 bits per heavy atom. The molecule has 1 aliphatic heterocycles. The summed E-state index contributed by atoms with van der Waals surface area (Å²) in [5, 5.41) is 11.5. The Morgan fingerprint density at radius 3 is 1.27 bits per heavy atom. The molecule has 0 aromatic rings. The van der Waals surface area contributed by atoms with Crippen LogP contribution in [0, 0.1) is 0 Å². The molecule has 1 heterocycles. The molecule has 0 aromatic heterocycles. The van der Waals surface area contributed by atoms with Crippen molar-refractivity contribution in [1.29, 1.82) is 0 Å². The molecule has 37 heavy (non-hydrogen) atoms. The number of aliphatic hydroxyl groups is 1. The second-order valence-electron chi connectivity index (χ2n) is 13.4. The predicted octanol–water partition coefficient (Wildman–Crippen LogP) is 2.44. The van der Waals surface area contributed by atoms with E-state index in [1.807, 2.05) is 0 Å². The van der Waals surface area contributed by atoms with Gasteiger partial charge in [-0.05, 0) is 90.0 Å². The lowest BCUT2D eigenvalue weighted by Gasteiger charge is -2.44. The predicted molar refractivity (Wildman–Crippen MR) is 132 cm³/mol. The SMILES string of the molecule is CC(C)(C)OC(=O)C(C(=O)OC(C)(C)C)N1C(=O)CC(C)(O)C1(C(=O)OC(C)(C)C)C(=O)OC(C)(C)C. The van der Waals surface area contributed by atoms with Gasteiger partial charge in [0.05, 0.1) is 6.42 Å². The van der Waals surface area contributed by atoms with E-state index in [-0.39, 0.29) is 0 Å². The largest absolute Gasteiger partial charge is 0.458 e. The van der Waals surface area contributed by atoms with Crippen LogP contribution in [0.1, 0.15) is 96.4 Å². The molecule has 1 fully saturated rings. The molecule has 1 unspecified atom stereocenters. The molecule has 11 heteroatoms. The zero-order valence-electron chi connectivity index (χ0n) is 24.4. The highest BCUT2D eigenvalue weighted by atomic mass is 16.6. The lowest BCUT2D eigenvalue weighted by Crippen LogP contribution is -2.73. The van der Waals surface area contributed by atoms with Gasteiger partial charge < -0.3 is 24.1 Å². The van der Waals surface area contributed by atoms with Crippen LogP contribution >= 0.6 is 0 Å². The Kier molecular flexibility index (Phi) is 8.64. The Morgan fingerprint density at radius 1 is 0.703 bits per heavy atom. The van der Waals surface area contributed by atoms with E-state index < -0.39 is 75.8 Å². The van der Waals surface area contributed by atoms with E-state index in [2.05, 4.69) is 0 Å². The number of nitrogens with zero attached hydrogens (tertiary/aromatic N) is 1. The highest BCUT2D eigenvalue weighted by molar-refractivity contribution is 6.15. The summed E-state index contributed by atoms with van der Waals surface area (Å²) < 4.78 is 21.8. The number of carbonyl (C=O) groups excluding carboxylic acids is 5. The van der Waals surface area contributed by atoms with Crippen molar-refractivity contribution in [2.24, 2.45) is 0 Å². The van der Waals surface area contributed by atoms with Gasteiger partial charge in [-0.1, -0.05) is 0 Å². The summed E-state index contributed by atoms with van der Waals surface area (Å²) in [6.45, 7) is 19.4. The molecule has 0 spiro atoms. The zero-order valence-corrected chi connectivity index (χ0v) is 24.4. The molecule has 0 radical (unpaired) electrons. The summed E-state index contributed by atoms with van der Waals surface area (Å²) in [4.78, 5) is 68.4. The topological polar surface area (TPSA) is 146 Å². The third-order valence-corrected chi connectivity index (χ3v) is 4.81. The summed E-state index contributed by atoms with van der Waals surface area (Å²) in [6.07, 6.45) is -0.798. The van der Waals surface area contributed by atoms with E-state index >= 15 is 0 Å². The number of rotatable bonds is 5. The van der Waals surface area contributed by atoms with Crippen molar-refractivity contribution >= 4 is 29.8 Å². The molecule has 1 N–H and O–H groups in total. The first-order valence-corrected chi connectivity index (χ1v) is 12.1. The van der Waals surface area contributed by atoms with Crippen molar-refractivity contribution in [3.05, 3.63) is 0 Å². The third-order valence-electron chi connectivity index (χ3n) is 4.81. The average molecular weight is 530 g/mol. The van der Waals surface area contributed by atoms with Crippen LogP contribution in [0.25, 0.3) is 0 Å². The van der Waals surface area contributed by atoms with Crippen molar-refractivity contribution in [1.82, 2.24) is 4.90 Å². The first-order valence-electron chi connectivity index (χ1n) is 12.1. The zero-order chi connectivity index (χ0) is 29.6. The molecule has 1 aliphatic rings. The molecular weight excluding hydrogens is 486 g/mol. The van der Waals surface area contributed by atoms with Gasteiger partial charge in [0.2, 0.25) is 11.9 Å². The second kappa shape index (κ2) is 9.89. The summed E-state index contributed by atoms with van der Waals surface area (Å²) in [7, 11) is 0. The van der Waals surface area contributed by atoms with Crippen LogP contribution in [0.2, 0.25) is 0 Å². The number of likely N-dealkylation sites (tertiary alicyclic amines) is 1. The van der Waals surface area contributed by atoms with Gasteiger partial charge in [0.25, 0.3) is 5.54 Å². The van der Waals surface area contributed by atoms with Crippen LogP contribution in [-0.2, 0) is 42.9 Å². The molecule has 1 amide bonds. The molecular formula is C26H43NO10. The van der Waals surface area contributed by atoms with E-state index in [0.29, 0.717) is 4.90 Å². The second-order valence-corrected chi connectivity index (χ2v) is 13.4. The minimum atomic E-state index is -2.94. The summed E-state index contributed by atoms with van der Waals surface area (Å²) >= 11 is 0. The summed E-state index contributed by atoms with van der Waals surface area (Å²) in [6, 6.07) is -2.24. The Labute approximate surface area is 219 Å². The van der Waals surface area contributed by atoms with Gasteiger partial charge in [-0.2, -0.15) is 0 Å². The van der Waals surface area contributed by atoms with E-state index in [4.69, 9.17) is 18.9 Å². The molecule has 212 valence electrons. The van der Waals surface area contributed by atoms with Crippen LogP contribution in [0.3, 0.4) is 0 Å². The van der Waals surface area contributed by atoms with Crippen LogP contribution in [-0.4, -0.2) is 79.4 Å². The number of carbonyl (C=O) groups is 5. The van der Waals surface area contributed by atoms with Crippen LogP contribution in [0.5, 0.6) is 0 Å². The highest BCUT2D eigenvalue weighted by Crippen LogP contribution is 2.45. The van der Waals surface area contributed by atoms with Crippen molar-refractivity contribution in [3.63, 3.8) is 0 Å².